The molecular weight excluding hydrogens is 188 g/mol. The average molecular weight is 194 g/mol. The van der Waals surface area contributed by atoms with E-state index < -0.39 is 11.4 Å². The molecule has 0 fully saturated rings. The third-order valence-electron chi connectivity index (χ3n) is 1.62. The number of aromatic hydroxyl groups is 1. The molecule has 0 atom stereocenters. The third kappa shape index (κ3) is 1.15. The van der Waals surface area contributed by atoms with Crippen molar-refractivity contribution in [3.63, 3.8) is 0 Å². The fourth-order valence-corrected chi connectivity index (χ4v) is 1.00. The summed E-state index contributed by atoms with van der Waals surface area (Å²) in [6, 6.07) is 0. The Morgan fingerprint density at radius 1 is 1.50 bits per heavy atom. The summed E-state index contributed by atoms with van der Waals surface area (Å²) in [4.78, 5) is 24.7. The Kier molecular flexibility index (Phi) is 1.77. The Morgan fingerprint density at radius 3 is 3.00 bits per heavy atom. The molecule has 0 saturated carbocycles. The number of hydrogen-bond donors (Lipinski definition) is 2. The molecule has 7 heteroatoms. The van der Waals surface area contributed by atoms with E-state index in [0.29, 0.717) is 0 Å². The van der Waals surface area contributed by atoms with Crippen molar-refractivity contribution in [2.45, 2.75) is 0 Å². The van der Waals surface area contributed by atoms with Crippen LogP contribution in [0.3, 0.4) is 0 Å². The summed E-state index contributed by atoms with van der Waals surface area (Å²) in [5.41, 5.74) is -0.352. The highest BCUT2D eigenvalue weighted by molar-refractivity contribution is 5.69. The monoisotopic (exact) mass is 194 g/mol. The molecule has 2 N–H and O–H groups in total. The molecule has 0 bridgehead atoms. The van der Waals surface area contributed by atoms with Gasteiger partial charge in [-0.25, -0.2) is 4.98 Å². The Labute approximate surface area is 77.4 Å². The minimum absolute atomic E-state index is 0.0224. The van der Waals surface area contributed by atoms with Crippen molar-refractivity contribution in [3.8, 4) is 11.8 Å². The van der Waals surface area contributed by atoms with E-state index in [2.05, 4.69) is 19.9 Å². The van der Waals surface area contributed by atoms with Crippen LogP contribution in [0.1, 0.15) is 0 Å². The van der Waals surface area contributed by atoms with Crippen LogP contribution in [0.15, 0.2) is 11.1 Å². The van der Waals surface area contributed by atoms with Crippen LogP contribution in [0, 0.1) is 0 Å². The van der Waals surface area contributed by atoms with E-state index in [9.17, 15) is 9.90 Å². The van der Waals surface area contributed by atoms with Crippen LogP contribution in [0.4, 0.5) is 0 Å². The quantitative estimate of drug-likeness (QED) is 0.630. The molecule has 14 heavy (non-hydrogen) atoms. The summed E-state index contributed by atoms with van der Waals surface area (Å²) in [5.74, 6) is -0.492. The topological polar surface area (TPSA) is 101 Å². The molecule has 0 aliphatic rings. The molecule has 7 nitrogen and oxygen atoms in total. The van der Waals surface area contributed by atoms with Crippen molar-refractivity contribution in [1.29, 1.82) is 0 Å². The zero-order valence-corrected chi connectivity index (χ0v) is 7.18. The summed E-state index contributed by atoms with van der Waals surface area (Å²) in [7, 11) is 1.34. The normalized spacial score (nSPS) is 10.4. The number of H-pyrrole nitrogens is 1. The van der Waals surface area contributed by atoms with Gasteiger partial charge in [-0.2, -0.15) is 9.97 Å². The lowest BCUT2D eigenvalue weighted by Crippen LogP contribution is -2.09. The SMILES string of the molecule is COc1nc2nc[nH]c(=O)c2nc1O. The van der Waals surface area contributed by atoms with Gasteiger partial charge in [0.1, 0.15) is 0 Å². The number of aromatic amines is 1. The predicted molar refractivity (Wildman–Crippen MR) is 46.2 cm³/mol. The number of hydrogen-bond acceptors (Lipinski definition) is 6. The second kappa shape index (κ2) is 2.95. The van der Waals surface area contributed by atoms with Crippen molar-refractivity contribution >= 4 is 11.2 Å². The van der Waals surface area contributed by atoms with Gasteiger partial charge < -0.3 is 14.8 Å². The molecular formula is C7H6N4O3. The maximum absolute atomic E-state index is 11.2. The molecule has 0 unspecified atom stereocenters. The minimum Gasteiger partial charge on any atom is -0.489 e. The first kappa shape index (κ1) is 8.42. The van der Waals surface area contributed by atoms with E-state index in [4.69, 9.17) is 4.74 Å². The van der Waals surface area contributed by atoms with E-state index in [1.165, 1.54) is 13.4 Å². The molecule has 2 heterocycles. The molecule has 0 radical (unpaired) electrons. The van der Waals surface area contributed by atoms with Crippen molar-refractivity contribution in [2.75, 3.05) is 7.11 Å². The van der Waals surface area contributed by atoms with Gasteiger partial charge in [-0.05, 0) is 0 Å². The highest BCUT2D eigenvalue weighted by Crippen LogP contribution is 2.20. The van der Waals surface area contributed by atoms with Crippen LogP contribution in [-0.2, 0) is 0 Å². The fraction of sp³-hybridized carbons (Fsp3) is 0.143. The van der Waals surface area contributed by atoms with Crippen LogP contribution in [-0.4, -0.2) is 32.2 Å². The van der Waals surface area contributed by atoms with Crippen molar-refractivity contribution in [2.24, 2.45) is 0 Å². The molecule has 72 valence electrons. The third-order valence-corrected chi connectivity index (χ3v) is 1.62. The number of nitrogens with one attached hydrogen (secondary N) is 1. The van der Waals surface area contributed by atoms with E-state index in [1.807, 2.05) is 0 Å². The van der Waals surface area contributed by atoms with Gasteiger partial charge >= 0.3 is 0 Å². The van der Waals surface area contributed by atoms with Crippen molar-refractivity contribution in [1.82, 2.24) is 19.9 Å². The van der Waals surface area contributed by atoms with E-state index >= 15 is 0 Å². The van der Waals surface area contributed by atoms with Gasteiger partial charge in [0.05, 0.1) is 13.4 Å². The van der Waals surface area contributed by atoms with Gasteiger partial charge in [-0.1, -0.05) is 0 Å². The first-order chi connectivity index (χ1) is 6.72. The lowest BCUT2D eigenvalue weighted by Gasteiger charge is -2.00. The Bertz CT molecular complexity index is 536. The van der Waals surface area contributed by atoms with Gasteiger partial charge in [0.25, 0.3) is 17.3 Å². The summed E-state index contributed by atoms with van der Waals surface area (Å²) in [6.07, 6.45) is 1.20. The maximum Gasteiger partial charge on any atom is 0.279 e. The smallest absolute Gasteiger partial charge is 0.279 e. The number of aromatic nitrogens is 4. The summed E-state index contributed by atoms with van der Waals surface area (Å²) < 4.78 is 4.72. The fourth-order valence-electron chi connectivity index (χ4n) is 1.00. The predicted octanol–water partition coefficient (Wildman–Crippen LogP) is -0.573. The van der Waals surface area contributed by atoms with Crippen molar-refractivity contribution in [3.05, 3.63) is 16.7 Å². The first-order valence-electron chi connectivity index (χ1n) is 3.71. The van der Waals surface area contributed by atoms with Crippen LogP contribution >= 0.6 is 0 Å². The standard InChI is InChI=1S/C7H6N4O3/c1-14-7-6(13)10-3-4(11-7)8-2-9-5(3)12/h2H,1H3,(H,10,13)(H,8,9,11,12). The van der Waals surface area contributed by atoms with Crippen molar-refractivity contribution < 1.29 is 9.84 Å². The molecule has 0 saturated heterocycles. The summed E-state index contributed by atoms with van der Waals surface area (Å²) in [6.45, 7) is 0. The zero-order valence-electron chi connectivity index (χ0n) is 7.18. The second-order valence-electron chi connectivity index (χ2n) is 2.46. The zero-order chi connectivity index (χ0) is 10.1. The second-order valence-corrected chi connectivity index (χ2v) is 2.46. The van der Waals surface area contributed by atoms with Crippen LogP contribution in [0.25, 0.3) is 11.2 Å². The highest BCUT2D eigenvalue weighted by atomic mass is 16.5. The van der Waals surface area contributed by atoms with Crippen LogP contribution in [0.5, 0.6) is 11.8 Å². The lowest BCUT2D eigenvalue weighted by molar-refractivity contribution is 0.351. The van der Waals surface area contributed by atoms with Gasteiger partial charge in [0, 0.05) is 0 Å². The van der Waals surface area contributed by atoms with Gasteiger partial charge in [-0.3, -0.25) is 4.79 Å². The molecule has 2 aromatic rings. The van der Waals surface area contributed by atoms with Gasteiger partial charge in [0.2, 0.25) is 0 Å². The molecule has 2 aromatic heterocycles. The van der Waals surface area contributed by atoms with Gasteiger partial charge in [0.15, 0.2) is 11.2 Å². The maximum atomic E-state index is 11.2. The first-order valence-corrected chi connectivity index (χ1v) is 3.71. The Hall–Kier alpha value is -2.18. The van der Waals surface area contributed by atoms with E-state index in [1.54, 1.807) is 0 Å². The molecule has 0 aromatic carbocycles. The Balaban J connectivity index is 2.86. The minimum atomic E-state index is -0.458. The summed E-state index contributed by atoms with van der Waals surface area (Å²) in [5, 5.41) is 9.25. The number of nitrogens with zero attached hydrogens (tertiary/aromatic N) is 3. The van der Waals surface area contributed by atoms with E-state index in [-0.39, 0.29) is 17.0 Å². The summed E-state index contributed by atoms with van der Waals surface area (Å²) >= 11 is 0. The lowest BCUT2D eigenvalue weighted by atomic mass is 10.5. The molecule has 0 aliphatic heterocycles. The molecule has 0 amide bonds. The molecule has 2 rings (SSSR count). The number of fused-ring (bicyclic) bond motifs is 1. The van der Waals surface area contributed by atoms with Crippen LogP contribution in [0.2, 0.25) is 0 Å². The number of methoxy groups -OCH3 is 1. The van der Waals surface area contributed by atoms with Crippen LogP contribution < -0.4 is 10.3 Å². The Morgan fingerprint density at radius 2 is 2.29 bits per heavy atom. The van der Waals surface area contributed by atoms with Gasteiger partial charge in [-0.15, -0.1) is 0 Å². The van der Waals surface area contributed by atoms with E-state index in [0.717, 1.165) is 0 Å². The molecule has 0 spiro atoms. The highest BCUT2D eigenvalue weighted by Gasteiger charge is 2.10. The largest absolute Gasteiger partial charge is 0.489 e. The average Bonchev–Trinajstić information content (AvgIpc) is 2.19. The number of rotatable bonds is 1. The number of ether oxygens (including phenoxy) is 1. The molecule has 0 aliphatic carbocycles.